The highest BCUT2D eigenvalue weighted by molar-refractivity contribution is 7.88. The third-order valence-electron chi connectivity index (χ3n) is 3.68. The summed E-state index contributed by atoms with van der Waals surface area (Å²) in [5.41, 5.74) is 0.802. The van der Waals surface area contributed by atoms with Crippen LogP contribution in [0.1, 0.15) is 12.5 Å². The van der Waals surface area contributed by atoms with Gasteiger partial charge in [0.25, 0.3) is 0 Å². The monoisotopic (exact) mass is 357 g/mol. The summed E-state index contributed by atoms with van der Waals surface area (Å²) >= 11 is 0. The van der Waals surface area contributed by atoms with Crippen LogP contribution >= 0.6 is 0 Å². The van der Waals surface area contributed by atoms with Crippen molar-refractivity contribution in [2.45, 2.75) is 19.5 Å². The first-order valence-electron chi connectivity index (χ1n) is 7.44. The zero-order valence-corrected chi connectivity index (χ0v) is 14.3. The van der Waals surface area contributed by atoms with E-state index in [1.165, 1.54) is 24.0 Å². The summed E-state index contributed by atoms with van der Waals surface area (Å²) in [5, 5.41) is 0. The maximum atomic E-state index is 12.9. The van der Waals surface area contributed by atoms with Gasteiger partial charge >= 0.3 is 0 Å². The Morgan fingerprint density at radius 2 is 1.92 bits per heavy atom. The van der Waals surface area contributed by atoms with Crippen molar-refractivity contribution in [3.8, 4) is 0 Å². The molecular weight excluding hydrogens is 337 g/mol. The summed E-state index contributed by atoms with van der Waals surface area (Å²) in [4.78, 5) is 27.3. The van der Waals surface area contributed by atoms with E-state index < -0.39 is 22.0 Å². The van der Waals surface area contributed by atoms with Crippen LogP contribution in [0, 0.1) is 5.82 Å². The maximum absolute atomic E-state index is 12.9. The number of rotatable bonds is 5. The molecule has 0 saturated carbocycles. The molecule has 1 N–H and O–H groups in total. The number of nitrogens with one attached hydrogen (secondary N) is 1. The lowest BCUT2D eigenvalue weighted by Gasteiger charge is -2.35. The molecule has 0 aliphatic carbocycles. The lowest BCUT2D eigenvalue weighted by atomic mass is 10.2. The van der Waals surface area contributed by atoms with Gasteiger partial charge in [-0.1, -0.05) is 12.1 Å². The highest BCUT2D eigenvalue weighted by atomic mass is 32.2. The molecule has 7 nitrogen and oxygen atoms in total. The first kappa shape index (κ1) is 18.3. The van der Waals surface area contributed by atoms with Gasteiger partial charge in [0, 0.05) is 19.6 Å². The van der Waals surface area contributed by atoms with Crippen molar-refractivity contribution in [2.24, 2.45) is 0 Å². The molecule has 24 heavy (non-hydrogen) atoms. The summed E-state index contributed by atoms with van der Waals surface area (Å²) in [7, 11) is -3.50. The molecule has 0 aromatic heterocycles. The molecule has 0 radical (unpaired) electrons. The summed E-state index contributed by atoms with van der Waals surface area (Å²) in [6.07, 6.45) is 0.975. The van der Waals surface area contributed by atoms with Crippen molar-refractivity contribution in [2.75, 3.05) is 25.9 Å². The highest BCUT2D eigenvalue weighted by Gasteiger charge is 2.30. The lowest BCUT2D eigenvalue weighted by molar-refractivity contribution is -0.146. The van der Waals surface area contributed by atoms with Gasteiger partial charge in [-0.05, 0) is 24.6 Å². The number of carbonyl (C=O) groups excluding carboxylic acids is 2. The van der Waals surface area contributed by atoms with Crippen LogP contribution in [0.3, 0.4) is 0 Å². The normalized spacial score (nSPS) is 17.0. The van der Waals surface area contributed by atoms with Gasteiger partial charge in [-0.2, -0.15) is 0 Å². The van der Waals surface area contributed by atoms with Crippen LogP contribution in [0.4, 0.5) is 4.39 Å². The van der Waals surface area contributed by atoms with Gasteiger partial charge in [0.2, 0.25) is 21.8 Å². The standard InChI is InChI=1S/C15H20FN3O4S/c1-11(17-24(2,22)23)15(21)19-8-7-18(14(20)10-19)9-12-3-5-13(16)6-4-12/h3-6,11,17H,7-10H2,1-2H3. The molecule has 0 bridgehead atoms. The molecule has 2 amide bonds. The minimum atomic E-state index is -3.50. The highest BCUT2D eigenvalue weighted by Crippen LogP contribution is 2.11. The second-order valence-electron chi connectivity index (χ2n) is 5.81. The van der Waals surface area contributed by atoms with Crippen molar-refractivity contribution in [3.05, 3.63) is 35.6 Å². The fourth-order valence-corrected chi connectivity index (χ4v) is 3.26. The van der Waals surface area contributed by atoms with Crippen molar-refractivity contribution >= 4 is 21.8 Å². The average Bonchev–Trinajstić information content (AvgIpc) is 2.49. The molecule has 2 rings (SSSR count). The third kappa shape index (κ3) is 5.00. The maximum Gasteiger partial charge on any atom is 0.242 e. The molecule has 1 aliphatic heterocycles. The minimum Gasteiger partial charge on any atom is -0.335 e. The van der Waals surface area contributed by atoms with Crippen LogP contribution in [-0.4, -0.2) is 62.0 Å². The van der Waals surface area contributed by atoms with Crippen molar-refractivity contribution in [1.82, 2.24) is 14.5 Å². The van der Waals surface area contributed by atoms with Crippen LogP contribution in [0.5, 0.6) is 0 Å². The molecule has 1 fully saturated rings. The summed E-state index contributed by atoms with van der Waals surface area (Å²) < 4.78 is 37.5. The molecular formula is C15H20FN3O4S. The van der Waals surface area contributed by atoms with E-state index in [4.69, 9.17) is 0 Å². The van der Waals surface area contributed by atoms with Gasteiger partial charge in [0.1, 0.15) is 5.82 Å². The van der Waals surface area contributed by atoms with E-state index in [9.17, 15) is 22.4 Å². The Hall–Kier alpha value is -2.00. The van der Waals surface area contributed by atoms with Crippen LogP contribution < -0.4 is 4.72 Å². The Morgan fingerprint density at radius 3 is 2.46 bits per heavy atom. The Labute approximate surface area is 140 Å². The van der Waals surface area contributed by atoms with Gasteiger partial charge in [-0.3, -0.25) is 9.59 Å². The van der Waals surface area contributed by atoms with Gasteiger partial charge in [-0.25, -0.2) is 17.5 Å². The largest absolute Gasteiger partial charge is 0.335 e. The molecule has 1 aromatic rings. The van der Waals surface area contributed by atoms with Crippen molar-refractivity contribution in [3.63, 3.8) is 0 Å². The molecule has 1 heterocycles. The van der Waals surface area contributed by atoms with Gasteiger partial charge in [0.05, 0.1) is 18.8 Å². The molecule has 1 atom stereocenters. The number of nitrogens with zero attached hydrogens (tertiary/aromatic N) is 2. The Kier molecular flexibility index (Phi) is 5.55. The number of sulfonamides is 1. The Balaban J connectivity index is 1.93. The fourth-order valence-electron chi connectivity index (χ4n) is 2.52. The smallest absolute Gasteiger partial charge is 0.242 e. The third-order valence-corrected chi connectivity index (χ3v) is 4.46. The Morgan fingerprint density at radius 1 is 1.29 bits per heavy atom. The van der Waals surface area contributed by atoms with E-state index in [1.54, 1.807) is 17.0 Å². The number of benzene rings is 1. The van der Waals surface area contributed by atoms with Crippen LogP contribution in [0.2, 0.25) is 0 Å². The van der Waals surface area contributed by atoms with Crippen LogP contribution in [0.25, 0.3) is 0 Å². The van der Waals surface area contributed by atoms with Gasteiger partial charge in [-0.15, -0.1) is 0 Å². The predicted molar refractivity (Wildman–Crippen MR) is 85.8 cm³/mol. The minimum absolute atomic E-state index is 0.101. The van der Waals surface area contributed by atoms with Crippen LogP contribution in [-0.2, 0) is 26.2 Å². The van der Waals surface area contributed by atoms with Crippen LogP contribution in [0.15, 0.2) is 24.3 Å². The zero-order valence-electron chi connectivity index (χ0n) is 13.5. The summed E-state index contributed by atoms with van der Waals surface area (Å²) in [6, 6.07) is 4.96. The number of hydrogen-bond acceptors (Lipinski definition) is 4. The van der Waals surface area contributed by atoms with E-state index >= 15 is 0 Å². The van der Waals surface area contributed by atoms with E-state index in [0.29, 0.717) is 19.6 Å². The van der Waals surface area contributed by atoms with E-state index in [0.717, 1.165) is 11.8 Å². The molecule has 1 unspecified atom stereocenters. The van der Waals surface area contributed by atoms with E-state index in [2.05, 4.69) is 4.72 Å². The topological polar surface area (TPSA) is 86.8 Å². The zero-order chi connectivity index (χ0) is 17.9. The molecule has 1 aromatic carbocycles. The summed E-state index contributed by atoms with van der Waals surface area (Å²) in [6.45, 7) is 2.35. The van der Waals surface area contributed by atoms with Crippen molar-refractivity contribution < 1.29 is 22.4 Å². The fraction of sp³-hybridized carbons (Fsp3) is 0.467. The van der Waals surface area contributed by atoms with Gasteiger partial charge < -0.3 is 9.80 Å². The number of piperazine rings is 1. The molecule has 0 spiro atoms. The average molecular weight is 357 g/mol. The van der Waals surface area contributed by atoms with E-state index in [-0.39, 0.29) is 18.3 Å². The number of halogens is 1. The molecule has 132 valence electrons. The van der Waals surface area contributed by atoms with E-state index in [1.807, 2.05) is 0 Å². The lowest BCUT2D eigenvalue weighted by Crippen LogP contribution is -2.56. The number of hydrogen-bond donors (Lipinski definition) is 1. The quantitative estimate of drug-likeness (QED) is 0.799. The summed E-state index contributed by atoms with van der Waals surface area (Å²) in [5.74, 6) is -1.01. The van der Waals surface area contributed by atoms with Crippen molar-refractivity contribution in [1.29, 1.82) is 0 Å². The second-order valence-corrected chi connectivity index (χ2v) is 7.59. The first-order valence-corrected chi connectivity index (χ1v) is 9.33. The Bertz CT molecular complexity index is 721. The molecule has 9 heteroatoms. The molecule has 1 saturated heterocycles. The first-order chi connectivity index (χ1) is 11.2. The SMILES string of the molecule is CC(NS(C)(=O)=O)C(=O)N1CCN(Cc2ccc(F)cc2)C(=O)C1. The second kappa shape index (κ2) is 7.27. The molecule has 1 aliphatic rings. The number of amides is 2. The van der Waals surface area contributed by atoms with Gasteiger partial charge in [0.15, 0.2) is 0 Å². The predicted octanol–water partition coefficient (Wildman–Crippen LogP) is -0.0658. The number of carbonyl (C=O) groups is 2.